The summed E-state index contributed by atoms with van der Waals surface area (Å²) in [4.78, 5) is 26.8. The molecule has 30 heavy (non-hydrogen) atoms. The minimum absolute atomic E-state index is 0.00633. The number of ether oxygens (including phenoxy) is 1. The molecule has 9 nitrogen and oxygen atoms in total. The number of nitro benzene ring substituents is 1. The van der Waals surface area contributed by atoms with Gasteiger partial charge in [0.05, 0.1) is 33.0 Å². The van der Waals surface area contributed by atoms with Crippen LogP contribution in [0.5, 0.6) is 0 Å². The van der Waals surface area contributed by atoms with E-state index < -0.39 is 4.92 Å². The Kier molecular flexibility index (Phi) is 5.31. The molecule has 1 N–H and O–H groups in total. The minimum atomic E-state index is -0.451. The fourth-order valence-corrected chi connectivity index (χ4v) is 3.67. The van der Waals surface area contributed by atoms with Gasteiger partial charge >= 0.3 is 5.97 Å². The van der Waals surface area contributed by atoms with Gasteiger partial charge in [0.25, 0.3) is 5.69 Å². The summed E-state index contributed by atoms with van der Waals surface area (Å²) in [5.41, 5.74) is 2.34. The average molecular weight is 421 g/mol. The fraction of sp³-hybridized carbons (Fsp3) is 0.100. The lowest BCUT2D eigenvalue weighted by molar-refractivity contribution is -0.384. The number of anilines is 2. The highest BCUT2D eigenvalue weighted by Crippen LogP contribution is 2.29. The summed E-state index contributed by atoms with van der Waals surface area (Å²) in [6.07, 6.45) is 0. The summed E-state index contributed by atoms with van der Waals surface area (Å²) in [6, 6.07) is 14.8. The molecule has 4 aromatic rings. The maximum atomic E-state index is 11.9. The maximum Gasteiger partial charge on any atom is 0.338 e. The van der Waals surface area contributed by atoms with Crippen molar-refractivity contribution in [2.75, 3.05) is 11.9 Å². The molecule has 0 aliphatic heterocycles. The van der Waals surface area contributed by atoms with Gasteiger partial charge in [0.15, 0.2) is 10.9 Å². The number of fused-ring (bicyclic) bond motifs is 1. The maximum absolute atomic E-state index is 11.9. The predicted molar refractivity (Wildman–Crippen MR) is 113 cm³/mol. The molecule has 0 bridgehead atoms. The monoisotopic (exact) mass is 421 g/mol. The Hall–Kier alpha value is -3.92. The Morgan fingerprint density at radius 3 is 2.77 bits per heavy atom. The number of hydrogen-bond acceptors (Lipinski definition) is 9. The van der Waals surface area contributed by atoms with E-state index >= 15 is 0 Å². The molecule has 0 radical (unpaired) electrons. The van der Waals surface area contributed by atoms with Crippen LogP contribution in [0.4, 0.5) is 16.6 Å². The molecule has 0 unspecified atom stereocenters. The van der Waals surface area contributed by atoms with Crippen LogP contribution in [0.25, 0.3) is 21.5 Å². The van der Waals surface area contributed by atoms with E-state index in [0.717, 1.165) is 10.2 Å². The van der Waals surface area contributed by atoms with E-state index in [2.05, 4.69) is 20.5 Å². The van der Waals surface area contributed by atoms with Gasteiger partial charge < -0.3 is 10.1 Å². The van der Waals surface area contributed by atoms with Crippen molar-refractivity contribution in [3.05, 3.63) is 70.3 Å². The van der Waals surface area contributed by atoms with E-state index in [1.54, 1.807) is 49.4 Å². The Bertz CT molecular complexity index is 1240. The summed E-state index contributed by atoms with van der Waals surface area (Å²) >= 11 is 1.37. The molecule has 10 heteroatoms. The summed E-state index contributed by atoms with van der Waals surface area (Å²) in [7, 11) is 0. The lowest BCUT2D eigenvalue weighted by Gasteiger charge is -2.03. The lowest BCUT2D eigenvalue weighted by Crippen LogP contribution is -2.03. The first-order valence-corrected chi connectivity index (χ1v) is 9.78. The molecule has 0 saturated carbocycles. The summed E-state index contributed by atoms with van der Waals surface area (Å²) in [6.45, 7) is 2.08. The quantitative estimate of drug-likeness (QED) is 0.273. The molecule has 0 aliphatic rings. The summed E-state index contributed by atoms with van der Waals surface area (Å²) in [5, 5.41) is 22.9. The van der Waals surface area contributed by atoms with Crippen molar-refractivity contribution in [3.63, 3.8) is 0 Å². The van der Waals surface area contributed by atoms with Crippen molar-refractivity contribution in [1.82, 2.24) is 15.2 Å². The second-order valence-corrected chi connectivity index (χ2v) is 7.19. The Morgan fingerprint density at radius 2 is 2.03 bits per heavy atom. The molecule has 0 spiro atoms. The molecule has 0 amide bonds. The van der Waals surface area contributed by atoms with E-state index in [-0.39, 0.29) is 11.7 Å². The van der Waals surface area contributed by atoms with Crippen LogP contribution in [0.1, 0.15) is 17.3 Å². The number of carbonyl (C=O) groups excluding carboxylic acids is 1. The van der Waals surface area contributed by atoms with Crippen molar-refractivity contribution >= 4 is 44.2 Å². The lowest BCUT2D eigenvalue weighted by atomic mass is 10.1. The second-order valence-electron chi connectivity index (χ2n) is 6.16. The molecule has 0 aliphatic carbocycles. The van der Waals surface area contributed by atoms with Crippen LogP contribution in [-0.2, 0) is 4.74 Å². The fourth-order valence-electron chi connectivity index (χ4n) is 2.76. The molecule has 2 heterocycles. The average Bonchev–Trinajstić information content (AvgIpc) is 3.16. The topological polar surface area (TPSA) is 120 Å². The summed E-state index contributed by atoms with van der Waals surface area (Å²) < 4.78 is 5.86. The number of aromatic nitrogens is 3. The molecule has 0 atom stereocenters. The zero-order valence-electron chi connectivity index (χ0n) is 15.7. The smallest absolute Gasteiger partial charge is 0.338 e. The van der Waals surface area contributed by atoms with Gasteiger partial charge in [-0.25, -0.2) is 9.78 Å². The van der Waals surface area contributed by atoms with Crippen LogP contribution in [0.2, 0.25) is 0 Å². The van der Waals surface area contributed by atoms with E-state index in [4.69, 9.17) is 4.74 Å². The van der Waals surface area contributed by atoms with Crippen molar-refractivity contribution in [2.24, 2.45) is 0 Å². The first-order valence-electron chi connectivity index (χ1n) is 8.97. The Morgan fingerprint density at radius 1 is 1.17 bits per heavy atom. The number of non-ortho nitro benzene ring substituents is 1. The highest BCUT2D eigenvalue weighted by molar-refractivity contribution is 7.22. The number of carbonyl (C=O) groups is 1. The number of nitrogens with zero attached hydrogens (tertiary/aromatic N) is 4. The van der Waals surface area contributed by atoms with E-state index in [1.165, 1.54) is 23.5 Å². The Labute approximate surface area is 174 Å². The van der Waals surface area contributed by atoms with Gasteiger partial charge in [0.2, 0.25) is 0 Å². The molecule has 2 aromatic carbocycles. The first kappa shape index (κ1) is 19.4. The molecule has 4 rings (SSSR count). The zero-order chi connectivity index (χ0) is 21.1. The number of hydrogen-bond donors (Lipinski definition) is 1. The molecular weight excluding hydrogens is 406 g/mol. The van der Waals surface area contributed by atoms with Crippen LogP contribution in [0.15, 0.2) is 54.6 Å². The third-order valence-corrected chi connectivity index (χ3v) is 5.09. The van der Waals surface area contributed by atoms with Crippen LogP contribution in [0.3, 0.4) is 0 Å². The van der Waals surface area contributed by atoms with Gasteiger partial charge in [-0.1, -0.05) is 23.5 Å². The largest absolute Gasteiger partial charge is 0.462 e. The molecule has 150 valence electrons. The third-order valence-electron chi connectivity index (χ3n) is 4.15. The van der Waals surface area contributed by atoms with Crippen molar-refractivity contribution in [3.8, 4) is 11.3 Å². The number of nitrogens with one attached hydrogen (secondary N) is 1. The van der Waals surface area contributed by atoms with Gasteiger partial charge in [-0.15, -0.1) is 10.2 Å². The predicted octanol–water partition coefficient (Wildman–Crippen LogP) is 4.58. The third kappa shape index (κ3) is 4.08. The van der Waals surface area contributed by atoms with Crippen LogP contribution >= 0.6 is 11.3 Å². The van der Waals surface area contributed by atoms with E-state index in [9.17, 15) is 14.9 Å². The van der Waals surface area contributed by atoms with Gasteiger partial charge in [-0.05, 0) is 37.3 Å². The SMILES string of the molecule is CCOC(=O)c1ccc2nc(Nc3ccc(-c4cccc([N+](=O)[O-])c4)nn3)sc2c1. The van der Waals surface area contributed by atoms with Crippen LogP contribution in [-0.4, -0.2) is 32.7 Å². The van der Waals surface area contributed by atoms with Gasteiger partial charge in [-0.2, -0.15) is 0 Å². The van der Waals surface area contributed by atoms with Gasteiger partial charge in [-0.3, -0.25) is 10.1 Å². The first-order chi connectivity index (χ1) is 14.5. The van der Waals surface area contributed by atoms with E-state index in [0.29, 0.717) is 34.4 Å². The van der Waals surface area contributed by atoms with E-state index in [1.807, 2.05) is 0 Å². The van der Waals surface area contributed by atoms with Crippen molar-refractivity contribution in [2.45, 2.75) is 6.92 Å². The number of esters is 1. The second kappa shape index (κ2) is 8.21. The zero-order valence-corrected chi connectivity index (χ0v) is 16.5. The molecular formula is C20H15N5O4S. The molecule has 0 fully saturated rings. The normalized spacial score (nSPS) is 10.7. The number of nitro groups is 1. The van der Waals surface area contributed by atoms with Crippen LogP contribution in [0, 0.1) is 10.1 Å². The molecule has 2 aromatic heterocycles. The van der Waals surface area contributed by atoms with Crippen LogP contribution < -0.4 is 5.32 Å². The number of benzene rings is 2. The van der Waals surface area contributed by atoms with Gasteiger partial charge in [0.1, 0.15) is 0 Å². The Balaban J connectivity index is 1.53. The highest BCUT2D eigenvalue weighted by atomic mass is 32.1. The van der Waals surface area contributed by atoms with Crippen molar-refractivity contribution in [1.29, 1.82) is 0 Å². The van der Waals surface area contributed by atoms with Crippen molar-refractivity contribution < 1.29 is 14.5 Å². The molecule has 0 saturated heterocycles. The number of thiazole rings is 1. The number of rotatable bonds is 6. The highest BCUT2D eigenvalue weighted by Gasteiger charge is 2.12. The standard InChI is InChI=1S/C20H15N5O4S/c1-2-29-19(26)13-6-7-16-17(11-13)30-20(21-16)22-18-9-8-15(23-24-18)12-4-3-5-14(10-12)25(27)28/h3-11H,2H2,1H3,(H,21,22,24). The van der Waals surface area contributed by atoms with Gasteiger partial charge in [0, 0.05) is 17.7 Å². The summed E-state index contributed by atoms with van der Waals surface area (Å²) in [5.74, 6) is 0.110. The minimum Gasteiger partial charge on any atom is -0.462 e.